The molecule has 4 aromatic rings. The second-order valence-electron chi connectivity index (χ2n) is 6.64. The third-order valence-electron chi connectivity index (χ3n) is 4.53. The van der Waals surface area contributed by atoms with Crippen LogP contribution >= 0.6 is 23.4 Å². The van der Waals surface area contributed by atoms with E-state index in [1.165, 1.54) is 22.8 Å². The summed E-state index contributed by atoms with van der Waals surface area (Å²) in [6.07, 6.45) is -4.45. The lowest BCUT2D eigenvalue weighted by molar-refractivity contribution is -0.137. The molecule has 0 bridgehead atoms. The van der Waals surface area contributed by atoms with Gasteiger partial charge < -0.3 is 0 Å². The van der Waals surface area contributed by atoms with Crippen molar-refractivity contribution in [1.82, 2.24) is 9.55 Å². The Morgan fingerprint density at radius 2 is 1.77 bits per heavy atom. The van der Waals surface area contributed by atoms with Crippen molar-refractivity contribution in [2.24, 2.45) is 0 Å². The van der Waals surface area contributed by atoms with Gasteiger partial charge in [0.2, 0.25) is 0 Å². The Balaban J connectivity index is 1.80. The van der Waals surface area contributed by atoms with E-state index >= 15 is 0 Å². The van der Waals surface area contributed by atoms with Crippen molar-refractivity contribution in [3.05, 3.63) is 99.1 Å². The number of hydrogen-bond acceptors (Lipinski definition) is 3. The number of nitrogens with zero attached hydrogens (tertiary/aromatic N) is 2. The van der Waals surface area contributed by atoms with Crippen molar-refractivity contribution in [3.8, 4) is 5.69 Å². The fourth-order valence-corrected chi connectivity index (χ4v) is 4.18. The van der Waals surface area contributed by atoms with Gasteiger partial charge in [0.1, 0.15) is 5.82 Å². The third-order valence-corrected chi connectivity index (χ3v) is 5.83. The smallest absolute Gasteiger partial charge is 0.268 e. The molecule has 1 aromatic heterocycles. The van der Waals surface area contributed by atoms with Crippen LogP contribution in [0.15, 0.2) is 76.7 Å². The van der Waals surface area contributed by atoms with Crippen LogP contribution in [0.4, 0.5) is 17.6 Å². The molecule has 31 heavy (non-hydrogen) atoms. The van der Waals surface area contributed by atoms with Crippen LogP contribution in [-0.2, 0) is 11.9 Å². The lowest BCUT2D eigenvalue weighted by Crippen LogP contribution is -2.21. The van der Waals surface area contributed by atoms with E-state index in [2.05, 4.69) is 4.98 Å². The van der Waals surface area contributed by atoms with E-state index in [0.717, 1.165) is 30.0 Å². The van der Waals surface area contributed by atoms with Crippen molar-refractivity contribution in [2.75, 3.05) is 0 Å². The van der Waals surface area contributed by atoms with Crippen LogP contribution in [0.3, 0.4) is 0 Å². The van der Waals surface area contributed by atoms with E-state index in [1.54, 1.807) is 30.3 Å². The highest BCUT2D eigenvalue weighted by Gasteiger charge is 2.30. The predicted molar refractivity (Wildman–Crippen MR) is 113 cm³/mol. The van der Waals surface area contributed by atoms with Gasteiger partial charge in [-0.1, -0.05) is 53.7 Å². The summed E-state index contributed by atoms with van der Waals surface area (Å²) < 4.78 is 53.9. The number of alkyl halides is 3. The maximum absolute atomic E-state index is 13.6. The first-order valence-corrected chi connectivity index (χ1v) is 10.4. The molecule has 0 radical (unpaired) electrons. The number of fused-ring (bicyclic) bond motifs is 1. The van der Waals surface area contributed by atoms with Gasteiger partial charge in [0.25, 0.3) is 5.56 Å². The topological polar surface area (TPSA) is 34.9 Å². The molecule has 0 fully saturated rings. The average molecular weight is 465 g/mol. The monoisotopic (exact) mass is 464 g/mol. The van der Waals surface area contributed by atoms with Crippen molar-refractivity contribution in [1.29, 1.82) is 0 Å². The predicted octanol–water partition coefficient (Wildman–Crippen LogP) is 6.49. The van der Waals surface area contributed by atoms with E-state index in [4.69, 9.17) is 11.6 Å². The van der Waals surface area contributed by atoms with E-state index in [1.807, 2.05) is 0 Å². The number of hydrogen-bond donors (Lipinski definition) is 0. The van der Waals surface area contributed by atoms with E-state index in [-0.39, 0.29) is 21.5 Å². The molecular weight excluding hydrogens is 452 g/mol. The summed E-state index contributed by atoms with van der Waals surface area (Å²) in [4.78, 5) is 17.7. The number of rotatable bonds is 4. The number of para-hydroxylation sites is 1. The van der Waals surface area contributed by atoms with Crippen LogP contribution in [0.2, 0.25) is 5.02 Å². The van der Waals surface area contributed by atoms with Gasteiger partial charge in [0.15, 0.2) is 5.16 Å². The Labute approximate surface area is 183 Å². The maximum Gasteiger partial charge on any atom is 0.416 e. The SMILES string of the molecule is O=c1c2ccccc2nc(SCc2cccc(C(F)(F)F)c2)n1-c1ccc(F)c(Cl)c1. The van der Waals surface area contributed by atoms with Gasteiger partial charge in [0, 0.05) is 5.75 Å². The minimum Gasteiger partial charge on any atom is -0.268 e. The van der Waals surface area contributed by atoms with Crippen molar-refractivity contribution >= 4 is 34.3 Å². The molecule has 0 atom stereocenters. The normalized spacial score (nSPS) is 11.8. The largest absolute Gasteiger partial charge is 0.416 e. The van der Waals surface area contributed by atoms with E-state index < -0.39 is 17.6 Å². The average Bonchev–Trinajstić information content (AvgIpc) is 2.74. The van der Waals surface area contributed by atoms with Crippen molar-refractivity contribution in [3.63, 3.8) is 0 Å². The van der Waals surface area contributed by atoms with Gasteiger partial charge in [-0.25, -0.2) is 9.37 Å². The van der Waals surface area contributed by atoms with E-state index in [0.29, 0.717) is 22.2 Å². The van der Waals surface area contributed by atoms with Gasteiger partial charge in [-0.05, 0) is 42.0 Å². The second kappa shape index (κ2) is 8.36. The Morgan fingerprint density at radius 1 is 1.00 bits per heavy atom. The van der Waals surface area contributed by atoms with Gasteiger partial charge in [-0.15, -0.1) is 0 Å². The van der Waals surface area contributed by atoms with Gasteiger partial charge in [-0.3, -0.25) is 9.36 Å². The maximum atomic E-state index is 13.6. The number of thioether (sulfide) groups is 1. The fraction of sp³-hybridized carbons (Fsp3) is 0.0909. The zero-order chi connectivity index (χ0) is 22.2. The van der Waals surface area contributed by atoms with E-state index in [9.17, 15) is 22.4 Å². The number of halogens is 5. The molecule has 4 rings (SSSR count). The summed E-state index contributed by atoms with van der Waals surface area (Å²) in [6, 6.07) is 15.5. The van der Waals surface area contributed by atoms with Crippen LogP contribution in [-0.4, -0.2) is 9.55 Å². The summed E-state index contributed by atoms with van der Waals surface area (Å²) in [5.41, 5.74) is 0.0372. The minimum atomic E-state index is -4.45. The molecule has 158 valence electrons. The lowest BCUT2D eigenvalue weighted by Gasteiger charge is -2.14. The van der Waals surface area contributed by atoms with Crippen LogP contribution in [0.1, 0.15) is 11.1 Å². The van der Waals surface area contributed by atoms with Crippen LogP contribution < -0.4 is 5.56 Å². The Bertz CT molecular complexity index is 1340. The van der Waals surface area contributed by atoms with Crippen molar-refractivity contribution < 1.29 is 17.6 Å². The zero-order valence-electron chi connectivity index (χ0n) is 15.7. The molecule has 0 saturated carbocycles. The molecule has 0 unspecified atom stereocenters. The Morgan fingerprint density at radius 3 is 2.52 bits per heavy atom. The highest BCUT2D eigenvalue weighted by Crippen LogP contribution is 2.31. The first kappa shape index (κ1) is 21.4. The molecule has 9 heteroatoms. The molecular formula is C22H13ClF4N2OS. The van der Waals surface area contributed by atoms with Crippen molar-refractivity contribution in [2.45, 2.75) is 17.1 Å². The molecule has 0 aliphatic carbocycles. The van der Waals surface area contributed by atoms with Gasteiger partial charge >= 0.3 is 6.18 Å². The number of aromatic nitrogens is 2. The summed E-state index contributed by atoms with van der Waals surface area (Å²) in [5, 5.41) is 0.446. The summed E-state index contributed by atoms with van der Waals surface area (Å²) in [6.45, 7) is 0. The fourth-order valence-electron chi connectivity index (χ4n) is 3.05. The standard InChI is InChI=1S/C22H13ClF4N2OS/c23-17-11-15(8-9-18(17)24)29-20(30)16-6-1-2-7-19(16)28-21(29)31-12-13-4-3-5-14(10-13)22(25,26)27/h1-11H,12H2. The van der Waals surface area contributed by atoms with Gasteiger partial charge in [0.05, 0.1) is 27.2 Å². The molecule has 0 saturated heterocycles. The first-order valence-electron chi connectivity index (χ1n) is 9.00. The number of benzene rings is 3. The molecule has 3 nitrogen and oxygen atoms in total. The Hall–Kier alpha value is -2.84. The molecule has 0 aliphatic heterocycles. The Kier molecular flexibility index (Phi) is 5.77. The van der Waals surface area contributed by atoms with Gasteiger partial charge in [-0.2, -0.15) is 13.2 Å². The minimum absolute atomic E-state index is 0.142. The molecule has 3 aromatic carbocycles. The summed E-state index contributed by atoms with van der Waals surface area (Å²) in [5.74, 6) is -0.491. The quantitative estimate of drug-likeness (QED) is 0.197. The second-order valence-corrected chi connectivity index (χ2v) is 7.99. The highest BCUT2D eigenvalue weighted by atomic mass is 35.5. The first-order chi connectivity index (χ1) is 14.7. The van der Waals surface area contributed by atoms with Crippen LogP contribution in [0.5, 0.6) is 0 Å². The summed E-state index contributed by atoms with van der Waals surface area (Å²) in [7, 11) is 0. The van der Waals surface area contributed by atoms with Crippen LogP contribution in [0.25, 0.3) is 16.6 Å². The highest BCUT2D eigenvalue weighted by molar-refractivity contribution is 7.98. The van der Waals surface area contributed by atoms with Crippen LogP contribution in [0, 0.1) is 5.82 Å². The lowest BCUT2D eigenvalue weighted by atomic mass is 10.1. The molecule has 0 N–H and O–H groups in total. The molecule has 1 heterocycles. The molecule has 0 spiro atoms. The third kappa shape index (κ3) is 4.45. The molecule has 0 aliphatic rings. The zero-order valence-corrected chi connectivity index (χ0v) is 17.2. The summed E-state index contributed by atoms with van der Waals surface area (Å²) >= 11 is 7.00. The molecule has 0 amide bonds.